The molecule has 0 saturated carbocycles. The van der Waals surface area contributed by atoms with Gasteiger partial charge in [-0.1, -0.05) is 6.07 Å². The van der Waals surface area contributed by atoms with Gasteiger partial charge in [0.2, 0.25) is 21.9 Å². The van der Waals surface area contributed by atoms with E-state index in [2.05, 4.69) is 15.0 Å². The summed E-state index contributed by atoms with van der Waals surface area (Å²) in [5, 5.41) is 10.1. The van der Waals surface area contributed by atoms with Crippen LogP contribution in [0.2, 0.25) is 0 Å². The molecule has 0 radical (unpaired) electrons. The van der Waals surface area contributed by atoms with Crippen LogP contribution in [0.3, 0.4) is 0 Å². The maximum Gasteiger partial charge on any atom is 0.325 e. The molecule has 3 N–H and O–H groups in total. The van der Waals surface area contributed by atoms with Crippen molar-refractivity contribution >= 4 is 27.9 Å². The van der Waals surface area contributed by atoms with Crippen LogP contribution < -0.4 is 10.6 Å². The Morgan fingerprint density at radius 1 is 1.26 bits per heavy atom. The highest BCUT2D eigenvalue weighted by atomic mass is 32.2. The number of carbonyl (C=O) groups excluding carboxylic acids is 1. The van der Waals surface area contributed by atoms with Gasteiger partial charge in [0.15, 0.2) is 12.4 Å². The molecule has 1 aromatic carbocycles. The number of esters is 1. The molecule has 0 bridgehead atoms. The summed E-state index contributed by atoms with van der Waals surface area (Å²) in [6.07, 6.45) is -1.04. The molecule has 0 aliphatic carbocycles. The smallest absolute Gasteiger partial charge is 0.325 e. The molecule has 2 atom stereocenters. The predicted molar refractivity (Wildman–Crippen MR) is 113 cm³/mol. The summed E-state index contributed by atoms with van der Waals surface area (Å²) in [7, 11) is -0.564. The lowest BCUT2D eigenvalue weighted by Crippen LogP contribution is -2.41. The summed E-state index contributed by atoms with van der Waals surface area (Å²) in [5.41, 5.74) is 7.42. The quantitative estimate of drug-likeness (QED) is 0.575. The topological polar surface area (TPSA) is 152 Å². The number of nitrogens with two attached hydrogens (primary N) is 1. The molecular weight excluding hydrogens is 424 g/mol. The summed E-state index contributed by atoms with van der Waals surface area (Å²) in [6, 6.07) is 3.58. The lowest BCUT2D eigenvalue weighted by Gasteiger charge is -2.22. The molecule has 168 valence electrons. The Morgan fingerprint density at radius 3 is 2.61 bits per heavy atom. The van der Waals surface area contributed by atoms with E-state index in [1.54, 1.807) is 38.1 Å². The third-order valence-electron chi connectivity index (χ3n) is 5.02. The maximum atomic E-state index is 13.1. The van der Waals surface area contributed by atoms with Gasteiger partial charge in [0, 0.05) is 27.1 Å². The molecule has 2 aromatic rings. The van der Waals surface area contributed by atoms with Crippen LogP contribution in [0.1, 0.15) is 23.4 Å². The lowest BCUT2D eigenvalue weighted by atomic mass is 10.1. The van der Waals surface area contributed by atoms with Crippen LogP contribution in [0.4, 0.5) is 11.9 Å². The molecule has 1 fully saturated rings. The molecule has 0 spiro atoms. The van der Waals surface area contributed by atoms with Crippen LogP contribution in [0, 0.1) is 13.8 Å². The Labute approximate surface area is 180 Å². The number of anilines is 2. The zero-order chi connectivity index (χ0) is 22.9. The molecular formula is C19H26N6O5S. The molecule has 1 aliphatic heterocycles. The second-order valence-electron chi connectivity index (χ2n) is 7.64. The number of aryl methyl sites for hydroxylation is 2. The van der Waals surface area contributed by atoms with Crippen molar-refractivity contribution in [2.45, 2.75) is 43.9 Å². The SMILES string of the molecule is Cc1ccc(S(=O)(=O)N2CC(O)C[C@H]2C(=O)OCc2nc(N)nc(N(C)C)n2)cc1C. The van der Waals surface area contributed by atoms with Gasteiger partial charge in [-0.05, 0) is 37.1 Å². The van der Waals surface area contributed by atoms with Crippen LogP contribution in [0.25, 0.3) is 0 Å². The van der Waals surface area contributed by atoms with Crippen LogP contribution in [0.15, 0.2) is 23.1 Å². The van der Waals surface area contributed by atoms with Crippen LogP contribution in [-0.2, 0) is 26.2 Å². The zero-order valence-electron chi connectivity index (χ0n) is 17.8. The number of aromatic nitrogens is 3. The van der Waals surface area contributed by atoms with Gasteiger partial charge in [0.05, 0.1) is 11.0 Å². The number of β-amino-alcohol motifs (C(OH)–C–C–N with tert-alkyl or cyclic N) is 1. The molecule has 0 amide bonds. The maximum absolute atomic E-state index is 13.1. The number of benzene rings is 1. The highest BCUT2D eigenvalue weighted by molar-refractivity contribution is 7.89. The third-order valence-corrected chi connectivity index (χ3v) is 6.89. The summed E-state index contributed by atoms with van der Waals surface area (Å²) < 4.78 is 32.6. The van der Waals surface area contributed by atoms with Crippen LogP contribution in [-0.4, -0.2) is 71.5 Å². The highest BCUT2D eigenvalue weighted by Crippen LogP contribution is 2.28. The molecule has 1 saturated heterocycles. The highest BCUT2D eigenvalue weighted by Gasteiger charge is 2.44. The van der Waals surface area contributed by atoms with Crippen molar-refractivity contribution < 1.29 is 23.1 Å². The summed E-state index contributed by atoms with van der Waals surface area (Å²) in [6.45, 7) is 3.18. The van der Waals surface area contributed by atoms with Crippen molar-refractivity contribution in [3.63, 3.8) is 0 Å². The van der Waals surface area contributed by atoms with Crippen molar-refractivity contribution in [3.8, 4) is 0 Å². The molecule has 11 nitrogen and oxygen atoms in total. The minimum atomic E-state index is -4.01. The first-order valence-corrected chi connectivity index (χ1v) is 11.0. The first-order chi connectivity index (χ1) is 14.5. The Hall–Kier alpha value is -2.83. The van der Waals surface area contributed by atoms with Crippen molar-refractivity contribution in [1.29, 1.82) is 0 Å². The largest absolute Gasteiger partial charge is 0.456 e. The monoisotopic (exact) mass is 450 g/mol. The Balaban J connectivity index is 1.79. The van der Waals surface area contributed by atoms with E-state index in [0.717, 1.165) is 15.4 Å². The number of sulfonamides is 1. The van der Waals surface area contributed by atoms with Crippen molar-refractivity contribution in [2.75, 3.05) is 31.3 Å². The van der Waals surface area contributed by atoms with E-state index in [4.69, 9.17) is 10.5 Å². The number of aliphatic hydroxyl groups excluding tert-OH is 1. The lowest BCUT2D eigenvalue weighted by molar-refractivity contribution is -0.149. The number of hydrogen-bond donors (Lipinski definition) is 2. The second-order valence-corrected chi connectivity index (χ2v) is 9.53. The van der Waals surface area contributed by atoms with Crippen LogP contribution in [0.5, 0.6) is 0 Å². The minimum Gasteiger partial charge on any atom is -0.456 e. The summed E-state index contributed by atoms with van der Waals surface area (Å²) in [5.74, 6) is -0.394. The van der Waals surface area contributed by atoms with Gasteiger partial charge < -0.3 is 20.5 Å². The molecule has 12 heteroatoms. The number of rotatable bonds is 6. The van der Waals surface area contributed by atoms with E-state index in [-0.39, 0.29) is 36.2 Å². The normalized spacial score (nSPS) is 19.4. The fraction of sp³-hybridized carbons (Fsp3) is 0.474. The van der Waals surface area contributed by atoms with Gasteiger partial charge in [0.1, 0.15) is 6.04 Å². The predicted octanol–water partition coefficient (Wildman–Crippen LogP) is 0.00394. The second kappa shape index (κ2) is 8.73. The minimum absolute atomic E-state index is 0.0278. The number of aliphatic hydroxyl groups is 1. The van der Waals surface area contributed by atoms with Gasteiger partial charge in [-0.25, -0.2) is 8.42 Å². The van der Waals surface area contributed by atoms with E-state index in [1.807, 2.05) is 6.92 Å². The fourth-order valence-corrected chi connectivity index (χ4v) is 4.91. The van der Waals surface area contributed by atoms with E-state index >= 15 is 0 Å². The van der Waals surface area contributed by atoms with Gasteiger partial charge in [0.25, 0.3) is 0 Å². The van der Waals surface area contributed by atoms with E-state index < -0.39 is 28.1 Å². The van der Waals surface area contributed by atoms with E-state index in [0.29, 0.717) is 5.95 Å². The average Bonchev–Trinajstić information content (AvgIpc) is 3.10. The Kier molecular flexibility index (Phi) is 6.43. The molecule has 31 heavy (non-hydrogen) atoms. The third kappa shape index (κ3) is 4.92. The van der Waals surface area contributed by atoms with E-state index in [1.165, 1.54) is 6.07 Å². The Morgan fingerprint density at radius 2 is 1.97 bits per heavy atom. The van der Waals surface area contributed by atoms with Crippen LogP contribution >= 0.6 is 0 Å². The number of nitrogens with zero attached hydrogens (tertiary/aromatic N) is 5. The van der Waals surface area contributed by atoms with Gasteiger partial charge in [-0.15, -0.1) is 0 Å². The number of nitrogen functional groups attached to an aromatic ring is 1. The van der Waals surface area contributed by atoms with Crippen molar-refractivity contribution in [1.82, 2.24) is 19.3 Å². The molecule has 2 heterocycles. The molecule has 3 rings (SSSR count). The first-order valence-electron chi connectivity index (χ1n) is 9.60. The molecule has 1 aliphatic rings. The number of hydrogen-bond acceptors (Lipinski definition) is 10. The van der Waals surface area contributed by atoms with Gasteiger partial charge in [-0.3, -0.25) is 4.79 Å². The molecule has 1 aromatic heterocycles. The summed E-state index contributed by atoms with van der Waals surface area (Å²) >= 11 is 0. The number of ether oxygens (including phenoxy) is 1. The number of carbonyl (C=O) groups is 1. The molecule has 1 unspecified atom stereocenters. The van der Waals surface area contributed by atoms with E-state index in [9.17, 15) is 18.3 Å². The van der Waals surface area contributed by atoms with Gasteiger partial charge >= 0.3 is 5.97 Å². The average molecular weight is 451 g/mol. The van der Waals surface area contributed by atoms with Crippen molar-refractivity contribution in [2.24, 2.45) is 0 Å². The van der Waals surface area contributed by atoms with Gasteiger partial charge in [-0.2, -0.15) is 19.3 Å². The summed E-state index contributed by atoms with van der Waals surface area (Å²) in [4.78, 5) is 26.4. The standard InChI is InChI=1S/C19H26N6O5S/c1-11-5-6-14(7-12(11)2)31(28,29)25-9-13(26)8-15(25)17(27)30-10-16-21-18(20)23-19(22-16)24(3)4/h5-7,13,15,26H,8-10H2,1-4H3,(H2,20,21,22,23)/t13?,15-/m0/s1. The fourth-order valence-electron chi connectivity index (χ4n) is 3.20. The Bertz CT molecular complexity index is 1090. The zero-order valence-corrected chi connectivity index (χ0v) is 18.6. The first kappa shape index (κ1) is 22.8. The van der Waals surface area contributed by atoms with Crippen molar-refractivity contribution in [3.05, 3.63) is 35.2 Å².